The third-order valence-corrected chi connectivity index (χ3v) is 2.91. The summed E-state index contributed by atoms with van der Waals surface area (Å²) >= 11 is 1.67. The molecule has 1 amide bonds. The normalized spacial score (nSPS) is 12.5. The fourth-order valence-corrected chi connectivity index (χ4v) is 2.04. The fourth-order valence-electron chi connectivity index (χ4n) is 1.33. The number of carbonyl (C=O) groups is 1. The molecule has 0 aromatic carbocycles. The molecule has 0 fully saturated rings. The molecule has 0 saturated carbocycles. The van der Waals surface area contributed by atoms with Crippen molar-refractivity contribution < 1.29 is 4.79 Å². The number of likely N-dealkylation sites (N-methyl/N-ethyl adjacent to an activating group) is 1. The van der Waals surface area contributed by atoms with Crippen LogP contribution < -0.4 is 5.32 Å². The summed E-state index contributed by atoms with van der Waals surface area (Å²) in [5, 5.41) is 6.95. The molecule has 1 aromatic rings. The van der Waals surface area contributed by atoms with Gasteiger partial charge >= 0.3 is 0 Å². The van der Waals surface area contributed by atoms with E-state index in [1.54, 1.807) is 11.3 Å². The lowest BCUT2D eigenvalue weighted by molar-refractivity contribution is -0.116. The Bertz CT molecular complexity index is 319. The van der Waals surface area contributed by atoms with Gasteiger partial charge in [-0.1, -0.05) is 6.58 Å². The highest BCUT2D eigenvalue weighted by atomic mass is 32.1. The number of thiophene rings is 1. The molecule has 1 atom stereocenters. The first-order chi connectivity index (χ1) is 7.15. The predicted molar refractivity (Wildman–Crippen MR) is 64.0 cm³/mol. The number of rotatable bonds is 5. The van der Waals surface area contributed by atoms with Gasteiger partial charge in [0.05, 0.1) is 6.04 Å². The van der Waals surface area contributed by atoms with Gasteiger partial charge in [0.25, 0.3) is 0 Å². The van der Waals surface area contributed by atoms with Gasteiger partial charge in [0, 0.05) is 6.54 Å². The maximum atomic E-state index is 11.1. The van der Waals surface area contributed by atoms with Crippen molar-refractivity contribution in [2.75, 3.05) is 20.6 Å². The molecule has 0 saturated heterocycles. The van der Waals surface area contributed by atoms with Gasteiger partial charge in [0.1, 0.15) is 0 Å². The molecule has 0 spiro atoms. The van der Waals surface area contributed by atoms with Crippen molar-refractivity contribution in [2.45, 2.75) is 6.04 Å². The maximum Gasteiger partial charge on any atom is 0.243 e. The van der Waals surface area contributed by atoms with E-state index in [4.69, 9.17) is 0 Å². The van der Waals surface area contributed by atoms with Crippen molar-refractivity contribution in [1.29, 1.82) is 0 Å². The number of nitrogens with zero attached hydrogens (tertiary/aromatic N) is 1. The summed E-state index contributed by atoms with van der Waals surface area (Å²) in [7, 11) is 4.00. The number of amides is 1. The molecule has 0 unspecified atom stereocenters. The third-order valence-electron chi connectivity index (χ3n) is 2.21. The summed E-state index contributed by atoms with van der Waals surface area (Å²) in [6, 6.07) is 2.30. The molecule has 1 N–H and O–H groups in total. The van der Waals surface area contributed by atoms with Crippen LogP contribution in [0.4, 0.5) is 0 Å². The number of carbonyl (C=O) groups excluding carboxylic acids is 1. The van der Waals surface area contributed by atoms with Crippen LogP contribution in [-0.2, 0) is 4.79 Å². The molecule has 0 aliphatic rings. The van der Waals surface area contributed by atoms with Crippen LogP contribution in [0.3, 0.4) is 0 Å². The molecule has 1 aromatic heterocycles. The van der Waals surface area contributed by atoms with Gasteiger partial charge in [0.2, 0.25) is 5.91 Å². The first-order valence-electron chi connectivity index (χ1n) is 4.74. The topological polar surface area (TPSA) is 32.3 Å². The molecule has 82 valence electrons. The van der Waals surface area contributed by atoms with Crippen LogP contribution in [0.2, 0.25) is 0 Å². The second kappa shape index (κ2) is 5.68. The highest BCUT2D eigenvalue weighted by Gasteiger charge is 2.14. The zero-order valence-corrected chi connectivity index (χ0v) is 9.88. The standard InChI is InChI=1S/C11H16N2OS/c1-4-11(14)12-7-10(13(2)3)9-5-6-15-8-9/h4-6,8,10H,1,7H2,2-3H3,(H,12,14)/t10-/m0/s1. The van der Waals surface area contributed by atoms with Gasteiger partial charge in [-0.25, -0.2) is 0 Å². The first kappa shape index (κ1) is 11.9. The SMILES string of the molecule is C=CC(=O)NC[C@@H](c1ccsc1)N(C)C. The van der Waals surface area contributed by atoms with Crippen LogP contribution in [0, 0.1) is 0 Å². The maximum absolute atomic E-state index is 11.1. The molecule has 1 heterocycles. The number of hydrogen-bond acceptors (Lipinski definition) is 3. The van der Waals surface area contributed by atoms with Crippen molar-refractivity contribution in [3.05, 3.63) is 35.0 Å². The highest BCUT2D eigenvalue weighted by molar-refractivity contribution is 7.07. The Kier molecular flexibility index (Phi) is 4.52. The number of nitrogens with one attached hydrogen (secondary N) is 1. The minimum Gasteiger partial charge on any atom is -0.351 e. The summed E-state index contributed by atoms with van der Waals surface area (Å²) in [5.74, 6) is -0.128. The van der Waals surface area contributed by atoms with E-state index in [1.807, 2.05) is 19.5 Å². The monoisotopic (exact) mass is 224 g/mol. The van der Waals surface area contributed by atoms with E-state index in [1.165, 1.54) is 11.6 Å². The van der Waals surface area contributed by atoms with E-state index in [-0.39, 0.29) is 11.9 Å². The molecule has 3 nitrogen and oxygen atoms in total. The van der Waals surface area contributed by atoms with Gasteiger partial charge in [-0.15, -0.1) is 0 Å². The quantitative estimate of drug-likeness (QED) is 0.771. The van der Waals surface area contributed by atoms with E-state index in [2.05, 4.69) is 28.2 Å². The molecular weight excluding hydrogens is 208 g/mol. The van der Waals surface area contributed by atoms with Crippen LogP contribution in [0.15, 0.2) is 29.5 Å². The lowest BCUT2D eigenvalue weighted by atomic mass is 10.1. The van der Waals surface area contributed by atoms with Crippen LogP contribution in [0.5, 0.6) is 0 Å². The summed E-state index contributed by atoms with van der Waals surface area (Å²) in [5.41, 5.74) is 1.23. The molecule has 1 rings (SSSR count). The van der Waals surface area contributed by atoms with Gasteiger partial charge in [-0.05, 0) is 42.6 Å². The van der Waals surface area contributed by atoms with Gasteiger partial charge in [-0.2, -0.15) is 11.3 Å². The molecule has 0 bridgehead atoms. The third kappa shape index (κ3) is 3.49. The molecule has 0 radical (unpaired) electrons. The van der Waals surface area contributed by atoms with Gasteiger partial charge < -0.3 is 10.2 Å². The summed E-state index contributed by atoms with van der Waals surface area (Å²) in [6.07, 6.45) is 1.29. The second-order valence-electron chi connectivity index (χ2n) is 3.49. The Balaban J connectivity index is 2.60. The Morgan fingerprint density at radius 2 is 2.47 bits per heavy atom. The zero-order valence-electron chi connectivity index (χ0n) is 9.06. The van der Waals surface area contributed by atoms with Crippen LogP contribution in [0.25, 0.3) is 0 Å². The summed E-state index contributed by atoms with van der Waals surface area (Å²) < 4.78 is 0. The summed E-state index contributed by atoms with van der Waals surface area (Å²) in [4.78, 5) is 13.2. The van der Waals surface area contributed by atoms with Crippen LogP contribution >= 0.6 is 11.3 Å². The van der Waals surface area contributed by atoms with Gasteiger partial charge in [0.15, 0.2) is 0 Å². The van der Waals surface area contributed by atoms with Crippen molar-refractivity contribution in [3.63, 3.8) is 0 Å². The average Bonchev–Trinajstić information content (AvgIpc) is 2.70. The Labute approximate surface area is 94.4 Å². The van der Waals surface area contributed by atoms with Crippen molar-refractivity contribution in [3.8, 4) is 0 Å². The smallest absolute Gasteiger partial charge is 0.243 e. The Hall–Kier alpha value is -1.13. The zero-order chi connectivity index (χ0) is 11.3. The van der Waals surface area contributed by atoms with Crippen LogP contribution in [-0.4, -0.2) is 31.4 Å². The molecule has 15 heavy (non-hydrogen) atoms. The second-order valence-corrected chi connectivity index (χ2v) is 4.27. The van der Waals surface area contributed by atoms with Crippen molar-refractivity contribution in [2.24, 2.45) is 0 Å². The van der Waals surface area contributed by atoms with E-state index in [9.17, 15) is 4.79 Å². The molecule has 0 aliphatic carbocycles. The van der Waals surface area contributed by atoms with Crippen LogP contribution in [0.1, 0.15) is 11.6 Å². The van der Waals surface area contributed by atoms with E-state index in [0.717, 1.165) is 0 Å². The fraction of sp³-hybridized carbons (Fsp3) is 0.364. The van der Waals surface area contributed by atoms with E-state index < -0.39 is 0 Å². The van der Waals surface area contributed by atoms with Crippen molar-refractivity contribution >= 4 is 17.2 Å². The number of hydrogen-bond donors (Lipinski definition) is 1. The minimum absolute atomic E-state index is 0.128. The molecule has 4 heteroatoms. The van der Waals surface area contributed by atoms with Crippen molar-refractivity contribution in [1.82, 2.24) is 10.2 Å². The van der Waals surface area contributed by atoms with E-state index in [0.29, 0.717) is 6.54 Å². The Morgan fingerprint density at radius 3 is 2.93 bits per heavy atom. The minimum atomic E-state index is -0.128. The summed E-state index contributed by atoms with van der Waals surface area (Å²) in [6.45, 7) is 4.03. The lowest BCUT2D eigenvalue weighted by Crippen LogP contribution is -2.33. The van der Waals surface area contributed by atoms with Gasteiger partial charge in [-0.3, -0.25) is 4.79 Å². The average molecular weight is 224 g/mol. The Morgan fingerprint density at radius 1 is 1.73 bits per heavy atom. The molecular formula is C11H16N2OS. The lowest BCUT2D eigenvalue weighted by Gasteiger charge is -2.23. The molecule has 0 aliphatic heterocycles. The van der Waals surface area contributed by atoms with E-state index >= 15 is 0 Å². The first-order valence-corrected chi connectivity index (χ1v) is 5.68. The highest BCUT2D eigenvalue weighted by Crippen LogP contribution is 2.19. The predicted octanol–water partition coefficient (Wildman–Crippen LogP) is 1.65. The largest absolute Gasteiger partial charge is 0.351 e.